The summed E-state index contributed by atoms with van der Waals surface area (Å²) in [5, 5.41) is 11.8. The van der Waals surface area contributed by atoms with E-state index in [1.807, 2.05) is 0 Å². The molecule has 0 bridgehead atoms. The smallest absolute Gasteiger partial charge is 0.303 e. The molecular weight excluding hydrogens is 362 g/mol. The van der Waals surface area contributed by atoms with Crippen LogP contribution in [0.3, 0.4) is 0 Å². The molecule has 148 valence electrons. The number of carbonyl (C=O) groups is 3. The lowest BCUT2D eigenvalue weighted by Crippen LogP contribution is -2.48. The molecule has 8 nitrogen and oxygen atoms in total. The lowest BCUT2D eigenvalue weighted by Gasteiger charge is -2.35. The van der Waals surface area contributed by atoms with Crippen LogP contribution in [0.4, 0.5) is 0 Å². The number of carboxylic acids is 1. The number of hydrogen-bond donors (Lipinski definition) is 3. The third-order valence-electron chi connectivity index (χ3n) is 5.07. The number of nitrogens with zero attached hydrogens (tertiary/aromatic N) is 1. The van der Waals surface area contributed by atoms with Crippen molar-refractivity contribution < 1.29 is 19.5 Å². The van der Waals surface area contributed by atoms with E-state index in [-0.39, 0.29) is 30.5 Å². The molecule has 28 heavy (non-hydrogen) atoms. The molecule has 1 aromatic carbocycles. The van der Waals surface area contributed by atoms with Crippen LogP contribution < -0.4 is 10.7 Å². The third kappa shape index (κ3) is 4.39. The number of aromatic nitrogens is 1. The molecule has 3 N–H and O–H groups in total. The van der Waals surface area contributed by atoms with Crippen molar-refractivity contribution in [3.63, 3.8) is 0 Å². The first-order valence-electron chi connectivity index (χ1n) is 9.37. The second-order valence-corrected chi connectivity index (χ2v) is 6.93. The quantitative estimate of drug-likeness (QED) is 0.696. The van der Waals surface area contributed by atoms with E-state index >= 15 is 0 Å². The highest BCUT2D eigenvalue weighted by Gasteiger charge is 2.27. The molecule has 2 aromatic rings. The van der Waals surface area contributed by atoms with E-state index < -0.39 is 17.3 Å². The number of benzene rings is 1. The van der Waals surface area contributed by atoms with Crippen LogP contribution in [0, 0.1) is 0 Å². The Hall–Kier alpha value is -3.16. The van der Waals surface area contributed by atoms with Gasteiger partial charge in [0.1, 0.15) is 5.56 Å². The van der Waals surface area contributed by atoms with Crippen LogP contribution in [0.1, 0.15) is 42.5 Å². The van der Waals surface area contributed by atoms with E-state index in [4.69, 9.17) is 5.11 Å². The van der Waals surface area contributed by atoms with Gasteiger partial charge in [-0.3, -0.25) is 19.2 Å². The zero-order valence-electron chi connectivity index (χ0n) is 15.4. The van der Waals surface area contributed by atoms with Crippen LogP contribution in [0.5, 0.6) is 0 Å². The van der Waals surface area contributed by atoms with Gasteiger partial charge >= 0.3 is 5.97 Å². The second kappa shape index (κ2) is 8.69. The van der Waals surface area contributed by atoms with Gasteiger partial charge < -0.3 is 20.3 Å². The number of fused-ring (bicyclic) bond motifs is 1. The summed E-state index contributed by atoms with van der Waals surface area (Å²) in [6, 6.07) is 6.76. The van der Waals surface area contributed by atoms with Crippen LogP contribution in [-0.2, 0) is 9.59 Å². The van der Waals surface area contributed by atoms with E-state index in [1.165, 1.54) is 6.20 Å². The van der Waals surface area contributed by atoms with Crippen LogP contribution in [0.25, 0.3) is 10.9 Å². The molecule has 2 heterocycles. The number of carbonyl (C=O) groups excluding carboxylic acids is 2. The van der Waals surface area contributed by atoms with Crippen molar-refractivity contribution in [3.8, 4) is 0 Å². The first-order chi connectivity index (χ1) is 13.5. The summed E-state index contributed by atoms with van der Waals surface area (Å²) in [6.45, 7) is 0.324. The van der Waals surface area contributed by atoms with Crippen molar-refractivity contribution >= 4 is 28.7 Å². The number of rotatable bonds is 6. The molecule has 1 aliphatic heterocycles. The molecule has 3 rings (SSSR count). The number of piperidine rings is 1. The van der Waals surface area contributed by atoms with Crippen LogP contribution in [-0.4, -0.2) is 51.9 Å². The van der Waals surface area contributed by atoms with Crippen molar-refractivity contribution in [2.45, 2.75) is 38.1 Å². The van der Waals surface area contributed by atoms with Crippen LogP contribution in [0.15, 0.2) is 35.3 Å². The molecule has 1 saturated heterocycles. The highest BCUT2D eigenvalue weighted by molar-refractivity contribution is 5.98. The normalized spacial score (nSPS) is 16.7. The summed E-state index contributed by atoms with van der Waals surface area (Å²) in [4.78, 5) is 52.9. The Bertz CT molecular complexity index is 952. The van der Waals surface area contributed by atoms with Gasteiger partial charge in [0, 0.05) is 36.1 Å². The van der Waals surface area contributed by atoms with Gasteiger partial charge in [0.25, 0.3) is 5.91 Å². The fourth-order valence-electron chi connectivity index (χ4n) is 3.61. The van der Waals surface area contributed by atoms with Crippen molar-refractivity contribution in [2.24, 2.45) is 0 Å². The molecule has 1 unspecified atom stereocenters. The highest BCUT2D eigenvalue weighted by atomic mass is 16.4. The summed E-state index contributed by atoms with van der Waals surface area (Å²) < 4.78 is 0. The Labute approximate surface area is 161 Å². The van der Waals surface area contributed by atoms with Gasteiger partial charge in [-0.1, -0.05) is 12.1 Å². The monoisotopic (exact) mass is 385 g/mol. The molecule has 1 aliphatic rings. The number of amides is 2. The van der Waals surface area contributed by atoms with Crippen molar-refractivity contribution in [3.05, 3.63) is 46.2 Å². The van der Waals surface area contributed by atoms with Gasteiger partial charge in [0.2, 0.25) is 11.3 Å². The Morgan fingerprint density at radius 2 is 2.00 bits per heavy atom. The average molecular weight is 385 g/mol. The van der Waals surface area contributed by atoms with Gasteiger partial charge in [-0.05, 0) is 37.8 Å². The van der Waals surface area contributed by atoms with E-state index in [1.54, 1.807) is 29.2 Å². The average Bonchev–Trinajstić information content (AvgIpc) is 2.71. The van der Waals surface area contributed by atoms with E-state index in [9.17, 15) is 19.2 Å². The van der Waals surface area contributed by atoms with Gasteiger partial charge in [-0.2, -0.15) is 0 Å². The number of aliphatic carboxylic acids is 1. The fourth-order valence-corrected chi connectivity index (χ4v) is 3.61. The van der Waals surface area contributed by atoms with Gasteiger partial charge in [0.05, 0.1) is 6.54 Å². The number of para-hydroxylation sites is 1. The van der Waals surface area contributed by atoms with Gasteiger partial charge in [0.15, 0.2) is 0 Å². The Balaban J connectivity index is 1.65. The van der Waals surface area contributed by atoms with Crippen molar-refractivity contribution in [2.75, 3.05) is 13.1 Å². The molecule has 0 saturated carbocycles. The number of nitrogens with one attached hydrogen (secondary N) is 2. The molecule has 0 radical (unpaired) electrons. The standard InChI is InChI=1S/C20H23N3O5/c24-17(23-10-4-3-5-13(23)8-9-18(25)26)12-22-20(28)15-11-21-16-7-2-1-6-14(16)19(15)27/h1-2,6-7,11,13H,3-5,8-10,12H2,(H,21,27)(H,22,28)(H,25,26). The zero-order valence-corrected chi connectivity index (χ0v) is 15.4. The van der Waals surface area contributed by atoms with E-state index in [0.29, 0.717) is 23.9 Å². The topological polar surface area (TPSA) is 120 Å². The maximum Gasteiger partial charge on any atom is 0.303 e. The number of pyridine rings is 1. The first kappa shape index (κ1) is 19.6. The lowest BCUT2D eigenvalue weighted by atomic mass is 9.98. The summed E-state index contributed by atoms with van der Waals surface area (Å²) in [7, 11) is 0. The molecule has 0 spiro atoms. The predicted octanol–water partition coefficient (Wildman–Crippen LogP) is 1.50. The minimum atomic E-state index is -0.887. The van der Waals surface area contributed by atoms with E-state index in [0.717, 1.165) is 19.3 Å². The molecule has 0 aliphatic carbocycles. The largest absolute Gasteiger partial charge is 0.481 e. The van der Waals surface area contributed by atoms with Gasteiger partial charge in [-0.15, -0.1) is 0 Å². The van der Waals surface area contributed by atoms with Crippen molar-refractivity contribution in [1.82, 2.24) is 15.2 Å². The number of aromatic amines is 1. The molecule has 8 heteroatoms. The maximum absolute atomic E-state index is 12.6. The summed E-state index contributed by atoms with van der Waals surface area (Å²) in [5.74, 6) is -1.76. The van der Waals surface area contributed by atoms with Crippen LogP contribution in [0.2, 0.25) is 0 Å². The third-order valence-corrected chi connectivity index (χ3v) is 5.07. The lowest BCUT2D eigenvalue weighted by molar-refractivity contribution is -0.139. The first-order valence-corrected chi connectivity index (χ1v) is 9.37. The Morgan fingerprint density at radius 1 is 1.21 bits per heavy atom. The minimum Gasteiger partial charge on any atom is -0.481 e. The fraction of sp³-hybridized carbons (Fsp3) is 0.400. The molecule has 1 aromatic heterocycles. The molecule has 2 amide bonds. The number of likely N-dealkylation sites (tertiary alicyclic amines) is 1. The number of H-pyrrole nitrogens is 1. The Morgan fingerprint density at radius 3 is 2.79 bits per heavy atom. The maximum atomic E-state index is 12.6. The summed E-state index contributed by atoms with van der Waals surface area (Å²) in [6.07, 6.45) is 4.32. The number of hydrogen-bond acceptors (Lipinski definition) is 4. The SMILES string of the molecule is O=C(O)CCC1CCCCN1C(=O)CNC(=O)c1c[nH]c2ccccc2c1=O. The second-order valence-electron chi connectivity index (χ2n) is 6.93. The predicted molar refractivity (Wildman–Crippen MR) is 103 cm³/mol. The molecule has 1 fully saturated rings. The minimum absolute atomic E-state index is 0.00721. The summed E-state index contributed by atoms with van der Waals surface area (Å²) in [5.41, 5.74) is 0.193. The summed E-state index contributed by atoms with van der Waals surface area (Å²) >= 11 is 0. The van der Waals surface area contributed by atoms with Crippen molar-refractivity contribution in [1.29, 1.82) is 0 Å². The molecule has 1 atom stereocenters. The Kier molecular flexibility index (Phi) is 6.08. The van der Waals surface area contributed by atoms with Gasteiger partial charge in [-0.25, -0.2) is 0 Å². The number of carboxylic acid groups (broad SMARTS) is 1. The van der Waals surface area contributed by atoms with E-state index in [2.05, 4.69) is 10.3 Å². The van der Waals surface area contributed by atoms with Crippen LogP contribution >= 0.6 is 0 Å². The zero-order chi connectivity index (χ0) is 20.1. The molecular formula is C20H23N3O5. The highest BCUT2D eigenvalue weighted by Crippen LogP contribution is 2.21.